The molecular weight excluding hydrogens is 1860 g/mol. The van der Waals surface area contributed by atoms with Crippen molar-refractivity contribution in [1.29, 1.82) is 42.1 Å². The van der Waals surface area contributed by atoms with Crippen LogP contribution >= 0.6 is 46.4 Å². The number of fused-ring (bicyclic) bond motifs is 12. The third-order valence-electron chi connectivity index (χ3n) is 27.7. The van der Waals surface area contributed by atoms with E-state index in [9.17, 15) is 86.8 Å². The van der Waals surface area contributed by atoms with Crippen molar-refractivity contribution >= 4 is 70.2 Å². The van der Waals surface area contributed by atoms with Gasteiger partial charge in [-0.2, -0.15) is 42.1 Å². The van der Waals surface area contributed by atoms with Crippen LogP contribution < -0.4 is 37.8 Å². The van der Waals surface area contributed by atoms with Crippen molar-refractivity contribution in [3.8, 4) is 71.6 Å². The number of carboxylic acids is 1. The number of hydrogen-bond donors (Lipinski definition) is 5. The van der Waals surface area contributed by atoms with Gasteiger partial charge in [-0.3, -0.25) is 39.1 Å². The number of ether oxygens (including phenoxy) is 5. The maximum Gasteiger partial charge on any atom is 1.00 e. The van der Waals surface area contributed by atoms with Gasteiger partial charge in [0, 0.05) is 101 Å². The van der Waals surface area contributed by atoms with Crippen LogP contribution in [0.4, 0.5) is 0 Å². The van der Waals surface area contributed by atoms with E-state index in [1.54, 1.807) is 168 Å². The first kappa shape index (κ1) is 101. The predicted octanol–water partition coefficient (Wildman–Crippen LogP) is 12.4. The fourth-order valence-electron chi connectivity index (χ4n) is 22.4. The molecule has 2 amide bonds. The summed E-state index contributed by atoms with van der Waals surface area (Å²) in [5.74, 6) is -14.1. The number of methoxy groups -OCH3 is 1. The molecule has 20 atom stereocenters. The standard InChI is InChI=1S/2C27H21ClN4O3.C26H18ClN3O4.C25H16ClN3O4.CH4.Li.H2O/c2*1-32(2)25(33)22-20(14-30)26(34)24-21(12-19(28)15-31-24)35-27(26,18-10-8-16(13-29)9-11-18)23(22)17-6-4-3-5-7-17;1-33-24(31)21-19(13-29)25(32)23-20(11-18(27)14-30-23)34-26(25,17-9-7-15(12-28)8-10-17)22(21)16-5-3-2-4-6-16;26-17-10-19-22(29-13-17)24(32)18(12-28)20(23(30)31)21(15-4-2-1-3-5-15)25(24,33-19)16-8-6-14(11-27)7-9-16;;;/h2*3-12,15,20,22-23,34H,1-2H3;2-11,14,19,21-22,32H,1H3;1-10,13,18,20-21,32H,(H,30,31);1H4;;1H2/q;;;;;+1;/p-1/t2*20-,22-,23+,26+,27-;19-,21-,22+,25+,26-;18-,20-,21+,24+,25-;;;/m0000.../s1. The molecule has 0 saturated heterocycles. The molecule has 8 heterocycles. The number of esters is 1. The van der Waals surface area contributed by atoms with Crippen molar-refractivity contribution < 1.29 is 92.7 Å². The van der Waals surface area contributed by atoms with Gasteiger partial charge in [0.15, 0.2) is 44.8 Å². The minimum absolute atomic E-state index is 0. The molecule has 4 fully saturated rings. The van der Waals surface area contributed by atoms with Crippen molar-refractivity contribution in [1.82, 2.24) is 29.7 Å². The molecular formula is C106H81Cl4LiN14O15. The first-order valence-corrected chi connectivity index (χ1v) is 44.2. The van der Waals surface area contributed by atoms with E-state index >= 15 is 0 Å². The molecule has 0 bridgehead atoms. The van der Waals surface area contributed by atoms with E-state index in [-0.39, 0.29) is 94.4 Å². The van der Waals surface area contributed by atoms with E-state index in [0.717, 1.165) is 11.1 Å². The molecule has 4 aromatic heterocycles. The summed E-state index contributed by atoms with van der Waals surface area (Å²) in [6.07, 6.45) is 5.48. The second kappa shape index (κ2) is 38.7. The van der Waals surface area contributed by atoms with E-state index in [1.165, 1.54) is 53.8 Å². The number of nitriles is 8. The molecule has 12 aromatic rings. The van der Waals surface area contributed by atoms with Crippen molar-refractivity contribution in [3.05, 3.63) is 377 Å². The number of pyridine rings is 4. The number of hydrogen-bond acceptors (Lipinski definition) is 26. The van der Waals surface area contributed by atoms with Crippen molar-refractivity contribution in [2.24, 2.45) is 47.3 Å². The van der Waals surface area contributed by atoms with E-state index < -0.39 is 128 Å². The molecule has 0 radical (unpaired) electrons. The fourth-order valence-corrected chi connectivity index (χ4v) is 22.9. The Morgan fingerprint density at radius 2 is 0.557 bits per heavy atom. The minimum Gasteiger partial charge on any atom is -0.870 e. The molecule has 4 aliphatic carbocycles. The monoisotopic (exact) mass is 1940 g/mol. The van der Waals surface area contributed by atoms with Crippen LogP contribution in [-0.2, 0) is 68.7 Å². The van der Waals surface area contributed by atoms with Gasteiger partial charge < -0.3 is 64.5 Å². The topological polar surface area (TPSA) is 494 Å². The number of nitrogens with zero attached hydrogens (tertiary/aromatic N) is 14. The molecule has 140 heavy (non-hydrogen) atoms. The zero-order valence-corrected chi connectivity index (χ0v) is 77.5. The molecule has 6 N–H and O–H groups in total. The number of carbonyl (C=O) groups is 4. The van der Waals surface area contributed by atoms with Crippen molar-refractivity contribution in [2.45, 2.75) is 75.9 Å². The van der Waals surface area contributed by atoms with Gasteiger partial charge in [0.05, 0.1) is 145 Å². The van der Waals surface area contributed by atoms with Crippen LogP contribution in [0.3, 0.4) is 0 Å². The second-order valence-corrected chi connectivity index (χ2v) is 36.3. The molecule has 20 rings (SSSR count). The van der Waals surface area contributed by atoms with E-state index in [0.29, 0.717) is 70.7 Å². The molecule has 4 saturated carbocycles. The third kappa shape index (κ3) is 14.8. The van der Waals surface area contributed by atoms with Crippen LogP contribution in [0.25, 0.3) is 0 Å². The average Bonchev–Trinajstić information content (AvgIpc) is 1.49. The summed E-state index contributed by atoms with van der Waals surface area (Å²) in [7, 11) is 7.74. The van der Waals surface area contributed by atoms with Crippen LogP contribution in [-0.4, -0.2) is 120 Å². The average molecular weight is 1940 g/mol. The number of aliphatic hydroxyl groups is 4. The Labute approximate surface area is 836 Å². The minimum atomic E-state index is -2.10. The molecule has 4 aliphatic heterocycles. The third-order valence-corrected chi connectivity index (χ3v) is 28.5. The van der Waals surface area contributed by atoms with Crippen LogP contribution in [0, 0.1) is 138 Å². The Balaban J connectivity index is 0.000000148. The zero-order chi connectivity index (χ0) is 97.4. The van der Waals surface area contributed by atoms with E-state index in [1.807, 2.05) is 103 Å². The Kier molecular flexibility index (Phi) is 27.9. The molecule has 8 aromatic carbocycles. The fraction of sp³-hybridized carbons (Fsp3) is 0.245. The van der Waals surface area contributed by atoms with Crippen LogP contribution in [0.5, 0.6) is 23.0 Å². The summed E-state index contributed by atoms with van der Waals surface area (Å²) in [6, 6.07) is 85.8. The largest absolute Gasteiger partial charge is 1.00 e. The van der Waals surface area contributed by atoms with Gasteiger partial charge in [-0.25, -0.2) is 0 Å². The summed E-state index contributed by atoms with van der Waals surface area (Å²) in [6.45, 7) is 0. The van der Waals surface area contributed by atoms with Gasteiger partial charge in [-0.05, 0) is 93.0 Å². The van der Waals surface area contributed by atoms with Gasteiger partial charge in [-0.15, -0.1) is 0 Å². The molecule has 694 valence electrons. The first-order valence-electron chi connectivity index (χ1n) is 42.7. The van der Waals surface area contributed by atoms with Gasteiger partial charge in [0.1, 0.15) is 45.8 Å². The van der Waals surface area contributed by atoms with Gasteiger partial charge >= 0.3 is 30.8 Å². The quantitative estimate of drug-likeness (QED) is 0.0560. The van der Waals surface area contributed by atoms with Crippen LogP contribution in [0.15, 0.2) is 267 Å². The summed E-state index contributed by atoms with van der Waals surface area (Å²) < 4.78 is 31.3. The van der Waals surface area contributed by atoms with Gasteiger partial charge in [0.2, 0.25) is 11.8 Å². The maximum absolute atomic E-state index is 13.6. The second-order valence-electron chi connectivity index (χ2n) is 34.6. The number of benzene rings is 8. The number of amides is 2. The number of halogens is 4. The number of carbonyl (C=O) groups excluding carboxylic acids is 3. The first-order chi connectivity index (χ1) is 65.9. The smallest absolute Gasteiger partial charge is 0.870 e. The Bertz CT molecular complexity index is 7020. The number of aromatic nitrogens is 4. The summed E-state index contributed by atoms with van der Waals surface area (Å²) in [5, 5.41) is 140. The Hall–Kier alpha value is -15.1. The van der Waals surface area contributed by atoms with E-state index in [4.69, 9.17) is 70.1 Å². The molecule has 0 spiro atoms. The summed E-state index contributed by atoms with van der Waals surface area (Å²) >= 11 is 24.8. The SMILES string of the molecule is C.CN(C)C(=O)[C@@H]1[C@@H](c2ccccc2)[C@]2(c3ccc(C#N)cc3)Oc3cc(Cl)cnc3[C@]2(O)[C@H]1C#N.CN(C)C(=O)[C@@H]1[C@@H](c2ccccc2)[C@]2(c3ccc(C#N)cc3)Oc3cc(Cl)cnc3[C@]2(O)[C@H]1C#N.COC(=O)[C@@H]1[C@@H](c2ccccc2)[C@]2(c3ccc(C#N)cc3)Oc3cc(Cl)cnc3[C@]2(O)[C@H]1C#N.N#Cc1ccc([C@@]23Oc4cc(Cl)cnc4[C@]2(O)[C@@H](C#N)[C@H](C(=O)O)[C@H]3c2ccccc2)cc1.[Li+].[OH-]. The summed E-state index contributed by atoms with van der Waals surface area (Å²) in [5.41, 5.74) is -7.72. The number of carboxylic acid groups (broad SMARTS) is 1. The molecule has 0 unspecified atom stereocenters. The van der Waals surface area contributed by atoms with E-state index in [2.05, 4.69) is 56.4 Å². The van der Waals surface area contributed by atoms with Crippen molar-refractivity contribution in [2.75, 3.05) is 35.3 Å². The van der Waals surface area contributed by atoms with Crippen molar-refractivity contribution in [3.63, 3.8) is 0 Å². The Morgan fingerprint density at radius 1 is 0.350 bits per heavy atom. The number of rotatable bonds is 12. The van der Waals surface area contributed by atoms with Gasteiger partial charge in [-0.1, -0.05) is 224 Å². The normalized spacial score (nSPS) is 28.0. The molecule has 34 heteroatoms. The Morgan fingerprint density at radius 3 is 0.757 bits per heavy atom. The van der Waals surface area contributed by atoms with Crippen LogP contribution in [0.1, 0.15) is 121 Å². The van der Waals surface area contributed by atoms with Gasteiger partial charge in [0.25, 0.3) is 0 Å². The summed E-state index contributed by atoms with van der Waals surface area (Å²) in [4.78, 5) is 73.3. The maximum atomic E-state index is 13.6. The van der Waals surface area contributed by atoms with Crippen LogP contribution in [0.2, 0.25) is 20.1 Å². The molecule has 8 aliphatic rings. The number of aliphatic carboxylic acids is 1. The zero-order valence-electron chi connectivity index (χ0n) is 74.5. The predicted molar refractivity (Wildman–Crippen MR) is 499 cm³/mol. The molecule has 29 nitrogen and oxygen atoms in total.